The highest BCUT2D eigenvalue weighted by atomic mass is 79.9. The number of alkyl halides is 1. The molecule has 1 amide bonds. The quantitative estimate of drug-likeness (QED) is 0.731. The van der Waals surface area contributed by atoms with Crippen molar-refractivity contribution in [3.63, 3.8) is 0 Å². The van der Waals surface area contributed by atoms with Crippen LogP contribution < -0.4 is 0 Å². The molecule has 0 aromatic rings. The molecule has 3 heteroatoms. The van der Waals surface area contributed by atoms with E-state index in [1.165, 1.54) is 38.5 Å². The lowest BCUT2D eigenvalue weighted by Crippen LogP contribution is -2.54. The molecule has 4 bridgehead atoms. The molecule has 4 saturated carbocycles. The summed E-state index contributed by atoms with van der Waals surface area (Å²) in [5, 5.41) is 0. The van der Waals surface area contributed by atoms with E-state index >= 15 is 0 Å². The van der Waals surface area contributed by atoms with E-state index in [1.807, 2.05) is 11.9 Å². The van der Waals surface area contributed by atoms with E-state index in [0.717, 1.165) is 24.3 Å². The van der Waals surface area contributed by atoms with Crippen molar-refractivity contribution in [1.82, 2.24) is 4.90 Å². The first-order valence-corrected chi connectivity index (χ1v) is 8.30. The van der Waals surface area contributed by atoms with E-state index in [1.54, 1.807) is 0 Å². The molecule has 0 heterocycles. The molecule has 4 fully saturated rings. The third kappa shape index (κ3) is 2.13. The Morgan fingerprint density at radius 2 is 1.67 bits per heavy atom. The summed E-state index contributed by atoms with van der Waals surface area (Å²) in [5.74, 6) is 3.01. The number of rotatable bonds is 3. The summed E-state index contributed by atoms with van der Waals surface area (Å²) in [5.41, 5.74) is 0.0331. The van der Waals surface area contributed by atoms with E-state index in [0.29, 0.717) is 10.7 Å². The van der Waals surface area contributed by atoms with Gasteiger partial charge >= 0.3 is 0 Å². The van der Waals surface area contributed by atoms with E-state index in [9.17, 15) is 4.79 Å². The monoisotopic (exact) mass is 313 g/mol. The third-order valence-electron chi connectivity index (χ3n) is 5.36. The summed E-state index contributed by atoms with van der Waals surface area (Å²) in [6.07, 6.45) is 7.76. The maximum absolute atomic E-state index is 12.8. The Bertz CT molecular complexity index is 317. The standard InChI is InChI=1S/C15H24BrNO/c1-10(16)9-17(2)14(18)15-6-11-3-12(7-15)5-13(4-11)8-15/h10-13H,3-9H2,1-2H3. The van der Waals surface area contributed by atoms with Gasteiger partial charge in [0.05, 0.1) is 5.41 Å². The molecule has 0 N–H and O–H groups in total. The van der Waals surface area contributed by atoms with Gasteiger partial charge in [-0.15, -0.1) is 0 Å². The van der Waals surface area contributed by atoms with Crippen molar-refractivity contribution in [3.05, 3.63) is 0 Å². The van der Waals surface area contributed by atoms with Crippen LogP contribution in [0.4, 0.5) is 0 Å². The molecule has 4 aliphatic carbocycles. The largest absolute Gasteiger partial charge is 0.344 e. The summed E-state index contributed by atoms with van der Waals surface area (Å²) < 4.78 is 0. The van der Waals surface area contributed by atoms with Gasteiger partial charge < -0.3 is 4.90 Å². The molecule has 0 aromatic heterocycles. The number of hydrogen-bond donors (Lipinski definition) is 0. The fourth-order valence-corrected chi connectivity index (χ4v) is 5.67. The third-order valence-corrected chi connectivity index (χ3v) is 5.65. The van der Waals surface area contributed by atoms with E-state index in [4.69, 9.17) is 0 Å². The van der Waals surface area contributed by atoms with Gasteiger partial charge in [-0.2, -0.15) is 0 Å². The topological polar surface area (TPSA) is 20.3 Å². The van der Waals surface area contributed by atoms with Crippen molar-refractivity contribution in [2.24, 2.45) is 23.2 Å². The average Bonchev–Trinajstić information content (AvgIpc) is 2.25. The molecular formula is C15H24BrNO. The minimum atomic E-state index is 0.0331. The molecule has 4 aliphatic rings. The van der Waals surface area contributed by atoms with Crippen molar-refractivity contribution < 1.29 is 4.79 Å². The second kappa shape index (κ2) is 4.50. The number of carbonyl (C=O) groups excluding carboxylic acids is 1. The fourth-order valence-electron chi connectivity index (χ4n) is 5.24. The molecule has 0 aromatic carbocycles. The minimum Gasteiger partial charge on any atom is -0.344 e. The van der Waals surface area contributed by atoms with E-state index < -0.39 is 0 Å². The first-order valence-electron chi connectivity index (χ1n) is 7.38. The Balaban J connectivity index is 1.76. The zero-order valence-corrected chi connectivity index (χ0v) is 13.1. The van der Waals surface area contributed by atoms with Crippen LogP contribution in [-0.4, -0.2) is 29.2 Å². The Labute approximate surface area is 119 Å². The van der Waals surface area contributed by atoms with Crippen molar-refractivity contribution in [3.8, 4) is 0 Å². The van der Waals surface area contributed by atoms with Crippen LogP contribution in [-0.2, 0) is 4.79 Å². The van der Waals surface area contributed by atoms with Gasteiger partial charge in [0.2, 0.25) is 5.91 Å². The fraction of sp³-hybridized carbons (Fsp3) is 0.933. The lowest BCUT2D eigenvalue weighted by Gasteiger charge is -2.56. The summed E-state index contributed by atoms with van der Waals surface area (Å²) in [6.45, 7) is 2.95. The van der Waals surface area contributed by atoms with Crippen molar-refractivity contribution in [2.45, 2.75) is 50.3 Å². The van der Waals surface area contributed by atoms with Gasteiger partial charge in [-0.05, 0) is 56.3 Å². The highest BCUT2D eigenvalue weighted by molar-refractivity contribution is 9.09. The predicted molar refractivity (Wildman–Crippen MR) is 76.6 cm³/mol. The molecule has 4 rings (SSSR count). The molecule has 0 saturated heterocycles. The summed E-state index contributed by atoms with van der Waals surface area (Å²) in [7, 11) is 1.98. The Morgan fingerprint density at radius 1 is 1.22 bits per heavy atom. The van der Waals surface area contributed by atoms with Crippen molar-refractivity contribution in [2.75, 3.05) is 13.6 Å². The van der Waals surface area contributed by atoms with Crippen LogP contribution in [0.3, 0.4) is 0 Å². The number of nitrogens with zero attached hydrogens (tertiary/aromatic N) is 1. The Morgan fingerprint density at radius 3 is 2.06 bits per heavy atom. The van der Waals surface area contributed by atoms with Crippen LogP contribution in [0.1, 0.15) is 45.4 Å². The average molecular weight is 314 g/mol. The second-order valence-electron chi connectivity index (χ2n) is 7.16. The Hall–Kier alpha value is -0.0500. The summed E-state index contributed by atoms with van der Waals surface area (Å²) >= 11 is 3.56. The molecule has 102 valence electrons. The van der Waals surface area contributed by atoms with Gasteiger partial charge in [0.15, 0.2) is 0 Å². The first kappa shape index (κ1) is 13.0. The van der Waals surface area contributed by atoms with E-state index in [-0.39, 0.29) is 5.41 Å². The van der Waals surface area contributed by atoms with Crippen LogP contribution in [0.2, 0.25) is 0 Å². The smallest absolute Gasteiger partial charge is 0.228 e. The van der Waals surface area contributed by atoms with Crippen LogP contribution in [0.15, 0.2) is 0 Å². The molecule has 0 aliphatic heterocycles. The number of halogens is 1. The van der Waals surface area contributed by atoms with Gasteiger partial charge in [-0.3, -0.25) is 4.79 Å². The molecule has 18 heavy (non-hydrogen) atoms. The van der Waals surface area contributed by atoms with Gasteiger partial charge in [0.1, 0.15) is 0 Å². The normalized spacial score (nSPS) is 42.9. The SMILES string of the molecule is CC(Br)CN(C)C(=O)C12CC3CC(CC(C3)C1)C2. The number of carbonyl (C=O) groups is 1. The summed E-state index contributed by atoms with van der Waals surface area (Å²) in [4.78, 5) is 15.2. The maximum atomic E-state index is 12.8. The number of amides is 1. The van der Waals surface area contributed by atoms with Crippen LogP contribution in [0.5, 0.6) is 0 Å². The molecule has 0 spiro atoms. The first-order chi connectivity index (χ1) is 8.48. The molecule has 0 radical (unpaired) electrons. The molecule has 2 nitrogen and oxygen atoms in total. The highest BCUT2D eigenvalue weighted by Crippen LogP contribution is 2.60. The van der Waals surface area contributed by atoms with Gasteiger partial charge in [-0.25, -0.2) is 0 Å². The molecular weight excluding hydrogens is 290 g/mol. The lowest BCUT2D eigenvalue weighted by atomic mass is 9.49. The van der Waals surface area contributed by atoms with E-state index in [2.05, 4.69) is 22.9 Å². The van der Waals surface area contributed by atoms with Crippen LogP contribution in [0, 0.1) is 23.2 Å². The van der Waals surface area contributed by atoms with Gasteiger partial charge in [0.25, 0.3) is 0 Å². The van der Waals surface area contributed by atoms with Crippen LogP contribution in [0.25, 0.3) is 0 Å². The zero-order valence-electron chi connectivity index (χ0n) is 11.5. The van der Waals surface area contributed by atoms with Gasteiger partial charge in [0, 0.05) is 18.4 Å². The summed E-state index contributed by atoms with van der Waals surface area (Å²) in [6, 6.07) is 0. The van der Waals surface area contributed by atoms with Gasteiger partial charge in [-0.1, -0.05) is 22.9 Å². The predicted octanol–water partition coefficient (Wildman–Crippen LogP) is 3.44. The molecule has 1 unspecified atom stereocenters. The lowest BCUT2D eigenvalue weighted by molar-refractivity contribution is -0.156. The minimum absolute atomic E-state index is 0.0331. The van der Waals surface area contributed by atoms with Crippen LogP contribution >= 0.6 is 15.9 Å². The van der Waals surface area contributed by atoms with Crippen molar-refractivity contribution >= 4 is 21.8 Å². The molecule has 1 atom stereocenters. The highest BCUT2D eigenvalue weighted by Gasteiger charge is 2.55. The second-order valence-corrected chi connectivity index (χ2v) is 8.73. The van der Waals surface area contributed by atoms with Crippen molar-refractivity contribution in [1.29, 1.82) is 0 Å². The Kier molecular flexibility index (Phi) is 3.24. The maximum Gasteiger partial charge on any atom is 0.228 e. The number of hydrogen-bond acceptors (Lipinski definition) is 1. The zero-order chi connectivity index (χ0) is 12.9.